The Hall–Kier alpha value is -2.49. The Morgan fingerprint density at radius 1 is 1.19 bits per heavy atom. The lowest BCUT2D eigenvalue weighted by Crippen LogP contribution is -2.27. The van der Waals surface area contributed by atoms with Gasteiger partial charge in [-0.2, -0.15) is 0 Å². The largest absolute Gasteiger partial charge is 0.381 e. The first-order chi connectivity index (χ1) is 10.2. The van der Waals surface area contributed by atoms with Crippen LogP contribution >= 0.6 is 0 Å². The molecular formula is C17H19N3O. The summed E-state index contributed by atoms with van der Waals surface area (Å²) in [6.07, 6.45) is 0. The predicted octanol–water partition coefficient (Wildman–Crippen LogP) is 3.14. The van der Waals surface area contributed by atoms with Crippen molar-refractivity contribution in [1.82, 2.24) is 5.32 Å². The monoisotopic (exact) mass is 281 g/mol. The van der Waals surface area contributed by atoms with E-state index in [1.807, 2.05) is 24.3 Å². The number of benzene rings is 2. The van der Waals surface area contributed by atoms with Gasteiger partial charge in [-0.25, -0.2) is 4.79 Å². The molecule has 0 spiro atoms. The summed E-state index contributed by atoms with van der Waals surface area (Å²) in [6, 6.07) is 16.4. The molecule has 21 heavy (non-hydrogen) atoms. The fourth-order valence-electron chi connectivity index (χ4n) is 2.41. The molecule has 0 aliphatic carbocycles. The number of hydrogen-bond acceptors (Lipinski definition) is 2. The van der Waals surface area contributed by atoms with Gasteiger partial charge in [-0.3, -0.25) is 4.90 Å². The van der Waals surface area contributed by atoms with E-state index in [1.165, 1.54) is 11.1 Å². The molecule has 0 unspecified atom stereocenters. The van der Waals surface area contributed by atoms with E-state index in [2.05, 4.69) is 41.8 Å². The third-order valence-electron chi connectivity index (χ3n) is 3.63. The van der Waals surface area contributed by atoms with E-state index in [4.69, 9.17) is 0 Å². The lowest BCUT2D eigenvalue weighted by Gasteiger charge is -2.16. The first-order valence-electron chi connectivity index (χ1n) is 7.17. The van der Waals surface area contributed by atoms with E-state index in [0.717, 1.165) is 24.5 Å². The summed E-state index contributed by atoms with van der Waals surface area (Å²) in [5.41, 5.74) is 4.46. The van der Waals surface area contributed by atoms with Crippen LogP contribution in [-0.4, -0.2) is 19.1 Å². The summed E-state index contributed by atoms with van der Waals surface area (Å²) < 4.78 is 0. The molecule has 2 aromatic carbocycles. The van der Waals surface area contributed by atoms with Crippen molar-refractivity contribution in [2.45, 2.75) is 13.5 Å². The molecule has 3 rings (SSSR count). The zero-order valence-electron chi connectivity index (χ0n) is 12.1. The minimum absolute atomic E-state index is 0.0225. The van der Waals surface area contributed by atoms with Crippen molar-refractivity contribution in [2.24, 2.45) is 0 Å². The van der Waals surface area contributed by atoms with Crippen LogP contribution in [0.2, 0.25) is 0 Å². The molecule has 1 saturated heterocycles. The smallest absolute Gasteiger partial charge is 0.321 e. The third kappa shape index (κ3) is 3.16. The maximum Gasteiger partial charge on any atom is 0.321 e. The highest BCUT2D eigenvalue weighted by atomic mass is 16.2. The first-order valence-corrected chi connectivity index (χ1v) is 7.17. The van der Waals surface area contributed by atoms with Gasteiger partial charge in [-0.1, -0.05) is 35.9 Å². The lowest BCUT2D eigenvalue weighted by atomic mass is 10.1. The van der Waals surface area contributed by atoms with Gasteiger partial charge in [0, 0.05) is 31.0 Å². The molecule has 2 amide bonds. The molecule has 2 aromatic rings. The van der Waals surface area contributed by atoms with Crippen molar-refractivity contribution >= 4 is 17.4 Å². The normalized spacial score (nSPS) is 14.1. The number of carbonyl (C=O) groups is 1. The molecule has 0 aromatic heterocycles. The highest BCUT2D eigenvalue weighted by Gasteiger charge is 2.20. The van der Waals surface area contributed by atoms with Gasteiger partial charge in [0.25, 0.3) is 0 Å². The Bertz CT molecular complexity index is 637. The van der Waals surface area contributed by atoms with Crippen molar-refractivity contribution in [3.05, 3.63) is 59.7 Å². The molecule has 0 atom stereocenters. The first kappa shape index (κ1) is 13.5. The quantitative estimate of drug-likeness (QED) is 0.904. The fraction of sp³-hybridized carbons (Fsp3) is 0.235. The van der Waals surface area contributed by atoms with Crippen molar-refractivity contribution in [2.75, 3.05) is 23.3 Å². The van der Waals surface area contributed by atoms with Crippen molar-refractivity contribution in [3.63, 3.8) is 0 Å². The van der Waals surface area contributed by atoms with Crippen LogP contribution < -0.4 is 15.5 Å². The maximum atomic E-state index is 11.7. The summed E-state index contributed by atoms with van der Waals surface area (Å²) >= 11 is 0. The van der Waals surface area contributed by atoms with E-state index in [1.54, 1.807) is 4.90 Å². The fourth-order valence-corrected chi connectivity index (χ4v) is 2.41. The predicted molar refractivity (Wildman–Crippen MR) is 85.7 cm³/mol. The molecular weight excluding hydrogens is 262 g/mol. The second-order valence-electron chi connectivity index (χ2n) is 5.27. The van der Waals surface area contributed by atoms with Gasteiger partial charge >= 0.3 is 6.03 Å². The zero-order chi connectivity index (χ0) is 14.7. The topological polar surface area (TPSA) is 44.4 Å². The van der Waals surface area contributed by atoms with Crippen molar-refractivity contribution in [3.8, 4) is 0 Å². The molecule has 4 nitrogen and oxygen atoms in total. The van der Waals surface area contributed by atoms with Gasteiger partial charge in [-0.05, 0) is 30.7 Å². The number of aryl methyl sites for hydroxylation is 1. The zero-order valence-corrected chi connectivity index (χ0v) is 12.1. The molecule has 4 heteroatoms. The molecule has 2 N–H and O–H groups in total. The Morgan fingerprint density at radius 3 is 2.71 bits per heavy atom. The number of rotatable bonds is 4. The second kappa shape index (κ2) is 5.87. The standard InChI is InChI=1S/C17H19N3O/c1-13-5-7-14(8-6-13)12-19-15-3-2-4-16(11-15)20-10-9-18-17(20)21/h2-8,11,19H,9-10,12H2,1H3,(H,18,21). The molecule has 0 saturated carbocycles. The van der Waals surface area contributed by atoms with Crippen LogP contribution in [0.5, 0.6) is 0 Å². The molecule has 1 aliphatic rings. The van der Waals surface area contributed by atoms with E-state index in [9.17, 15) is 4.79 Å². The summed E-state index contributed by atoms with van der Waals surface area (Å²) in [5, 5.41) is 6.22. The SMILES string of the molecule is Cc1ccc(CNc2cccc(N3CCNC3=O)c2)cc1. The van der Waals surface area contributed by atoms with Gasteiger partial charge in [0.2, 0.25) is 0 Å². The Morgan fingerprint density at radius 2 is 2.00 bits per heavy atom. The molecule has 1 aliphatic heterocycles. The highest BCUT2D eigenvalue weighted by Crippen LogP contribution is 2.21. The molecule has 108 valence electrons. The second-order valence-corrected chi connectivity index (χ2v) is 5.27. The highest BCUT2D eigenvalue weighted by molar-refractivity contribution is 5.94. The lowest BCUT2D eigenvalue weighted by molar-refractivity contribution is 0.252. The van der Waals surface area contributed by atoms with Crippen LogP contribution in [0.15, 0.2) is 48.5 Å². The van der Waals surface area contributed by atoms with Crippen LogP contribution in [0.25, 0.3) is 0 Å². The van der Waals surface area contributed by atoms with Crippen LogP contribution in [0.4, 0.5) is 16.2 Å². The molecule has 1 fully saturated rings. The van der Waals surface area contributed by atoms with Crippen LogP contribution in [0.3, 0.4) is 0 Å². The number of hydrogen-bond donors (Lipinski definition) is 2. The molecule has 1 heterocycles. The summed E-state index contributed by atoms with van der Waals surface area (Å²) in [5.74, 6) is 0. The van der Waals surface area contributed by atoms with Crippen LogP contribution in [-0.2, 0) is 6.54 Å². The van der Waals surface area contributed by atoms with Crippen LogP contribution in [0.1, 0.15) is 11.1 Å². The summed E-state index contributed by atoms with van der Waals surface area (Å²) in [4.78, 5) is 13.5. The number of urea groups is 1. The minimum atomic E-state index is -0.0225. The Kier molecular flexibility index (Phi) is 3.77. The van der Waals surface area contributed by atoms with E-state index in [0.29, 0.717) is 6.54 Å². The Balaban J connectivity index is 1.68. The number of carbonyl (C=O) groups excluding carboxylic acids is 1. The maximum absolute atomic E-state index is 11.7. The average molecular weight is 281 g/mol. The number of nitrogens with one attached hydrogen (secondary N) is 2. The number of amides is 2. The third-order valence-corrected chi connectivity index (χ3v) is 3.63. The van der Waals surface area contributed by atoms with E-state index < -0.39 is 0 Å². The van der Waals surface area contributed by atoms with Gasteiger partial charge in [0.1, 0.15) is 0 Å². The van der Waals surface area contributed by atoms with Crippen LogP contribution in [0, 0.1) is 6.92 Å². The molecule has 0 bridgehead atoms. The minimum Gasteiger partial charge on any atom is -0.381 e. The van der Waals surface area contributed by atoms with E-state index in [-0.39, 0.29) is 6.03 Å². The van der Waals surface area contributed by atoms with Crippen molar-refractivity contribution in [1.29, 1.82) is 0 Å². The van der Waals surface area contributed by atoms with E-state index >= 15 is 0 Å². The summed E-state index contributed by atoms with van der Waals surface area (Å²) in [6.45, 7) is 4.29. The summed E-state index contributed by atoms with van der Waals surface area (Å²) in [7, 11) is 0. The Labute approximate surface area is 124 Å². The van der Waals surface area contributed by atoms with Gasteiger partial charge in [0.15, 0.2) is 0 Å². The number of nitrogens with zero attached hydrogens (tertiary/aromatic N) is 1. The van der Waals surface area contributed by atoms with Crippen molar-refractivity contribution < 1.29 is 4.79 Å². The van der Waals surface area contributed by atoms with Gasteiger partial charge < -0.3 is 10.6 Å². The van der Waals surface area contributed by atoms with Gasteiger partial charge in [-0.15, -0.1) is 0 Å². The average Bonchev–Trinajstić information content (AvgIpc) is 2.93. The van der Waals surface area contributed by atoms with Gasteiger partial charge in [0.05, 0.1) is 0 Å². The molecule has 0 radical (unpaired) electrons. The number of anilines is 2.